The van der Waals surface area contributed by atoms with Crippen LogP contribution in [-0.2, 0) is 30.4 Å². The van der Waals surface area contributed by atoms with Gasteiger partial charge < -0.3 is 10.8 Å². The van der Waals surface area contributed by atoms with Gasteiger partial charge in [0.15, 0.2) is 5.78 Å². The van der Waals surface area contributed by atoms with Crippen molar-refractivity contribution in [2.75, 3.05) is 0 Å². The zero-order chi connectivity index (χ0) is 16.5. The molecule has 0 aliphatic heterocycles. The van der Waals surface area contributed by atoms with Crippen molar-refractivity contribution in [2.45, 2.75) is 57.3 Å². The summed E-state index contributed by atoms with van der Waals surface area (Å²) < 4.78 is 39.6. The van der Waals surface area contributed by atoms with Gasteiger partial charge in [-0.15, -0.1) is 0 Å². The van der Waals surface area contributed by atoms with Gasteiger partial charge in [0.25, 0.3) is 0 Å². The average Bonchev–Trinajstić information content (AvgIpc) is 2.50. The SMILES string of the molecule is CC1(O)CCCC(N)(c2c(CF)cc(CF)cc2CF)C1=O. The summed E-state index contributed by atoms with van der Waals surface area (Å²) in [6.07, 6.45) is 0.901. The maximum absolute atomic E-state index is 13.4. The van der Waals surface area contributed by atoms with E-state index in [0.717, 1.165) is 0 Å². The second-order valence-corrected chi connectivity index (χ2v) is 6.12. The first-order valence-corrected chi connectivity index (χ1v) is 7.19. The highest BCUT2D eigenvalue weighted by atomic mass is 19.1. The number of halogens is 3. The molecule has 0 amide bonds. The highest BCUT2D eigenvalue weighted by molar-refractivity contribution is 5.97. The molecule has 0 radical (unpaired) electrons. The number of ketones is 1. The van der Waals surface area contributed by atoms with Crippen molar-refractivity contribution in [1.29, 1.82) is 0 Å². The molecule has 6 heteroatoms. The molecule has 1 saturated carbocycles. The van der Waals surface area contributed by atoms with Gasteiger partial charge in [-0.3, -0.25) is 4.79 Å². The van der Waals surface area contributed by atoms with Crippen LogP contribution in [0, 0.1) is 0 Å². The third-order valence-electron chi connectivity index (χ3n) is 4.38. The van der Waals surface area contributed by atoms with Gasteiger partial charge in [0.1, 0.15) is 31.2 Å². The molecule has 1 aliphatic rings. The lowest BCUT2D eigenvalue weighted by atomic mass is 9.67. The third kappa shape index (κ3) is 2.65. The Hall–Kier alpha value is -1.40. The summed E-state index contributed by atoms with van der Waals surface area (Å²) in [4.78, 5) is 12.6. The summed E-state index contributed by atoms with van der Waals surface area (Å²) in [7, 11) is 0. The first-order valence-electron chi connectivity index (χ1n) is 7.19. The van der Waals surface area contributed by atoms with Gasteiger partial charge >= 0.3 is 0 Å². The van der Waals surface area contributed by atoms with E-state index in [4.69, 9.17) is 5.73 Å². The standard InChI is InChI=1S/C16H20F3NO2/c1-15(22)3-2-4-16(20,14(15)21)13-11(8-18)5-10(7-17)6-12(13)9-19/h5-6,22H,2-4,7-9,20H2,1H3. The van der Waals surface area contributed by atoms with E-state index in [9.17, 15) is 23.1 Å². The highest BCUT2D eigenvalue weighted by Gasteiger charge is 2.50. The second-order valence-electron chi connectivity index (χ2n) is 6.12. The van der Waals surface area contributed by atoms with E-state index in [-0.39, 0.29) is 35.1 Å². The minimum absolute atomic E-state index is 0.0105. The highest BCUT2D eigenvalue weighted by Crippen LogP contribution is 2.41. The summed E-state index contributed by atoms with van der Waals surface area (Å²) in [5, 5.41) is 10.2. The molecule has 0 aromatic heterocycles. The Labute approximate surface area is 127 Å². The number of hydrogen-bond donors (Lipinski definition) is 2. The number of nitrogens with two attached hydrogens (primary N) is 1. The molecule has 2 rings (SSSR count). The molecule has 0 heterocycles. The van der Waals surface area contributed by atoms with Gasteiger partial charge in [-0.05, 0) is 48.4 Å². The molecule has 0 bridgehead atoms. The van der Waals surface area contributed by atoms with Gasteiger partial charge in [0.2, 0.25) is 0 Å². The molecule has 1 aliphatic carbocycles. The van der Waals surface area contributed by atoms with Crippen LogP contribution >= 0.6 is 0 Å². The molecule has 1 aromatic carbocycles. The zero-order valence-corrected chi connectivity index (χ0v) is 12.5. The van der Waals surface area contributed by atoms with Gasteiger partial charge in [0.05, 0.1) is 0 Å². The van der Waals surface area contributed by atoms with Crippen molar-refractivity contribution >= 4 is 5.78 Å². The van der Waals surface area contributed by atoms with Crippen LogP contribution in [-0.4, -0.2) is 16.5 Å². The molecule has 1 aromatic rings. The number of hydrogen-bond acceptors (Lipinski definition) is 3. The fourth-order valence-corrected chi connectivity index (χ4v) is 3.36. The molecule has 0 saturated heterocycles. The largest absolute Gasteiger partial charge is 0.382 e. The molecular weight excluding hydrogens is 295 g/mol. The van der Waals surface area contributed by atoms with Crippen LogP contribution in [0.5, 0.6) is 0 Å². The summed E-state index contributed by atoms with van der Waals surface area (Å²) >= 11 is 0. The topological polar surface area (TPSA) is 63.3 Å². The number of rotatable bonds is 4. The molecule has 0 spiro atoms. The lowest BCUT2D eigenvalue weighted by molar-refractivity contribution is -0.146. The van der Waals surface area contributed by atoms with Gasteiger partial charge in [-0.1, -0.05) is 12.1 Å². The van der Waals surface area contributed by atoms with Crippen molar-refractivity contribution in [3.63, 3.8) is 0 Å². The molecule has 3 N–H and O–H groups in total. The number of carbonyl (C=O) groups excluding carboxylic acids is 1. The van der Waals surface area contributed by atoms with Crippen molar-refractivity contribution in [3.05, 3.63) is 34.4 Å². The summed E-state index contributed by atoms with van der Waals surface area (Å²) in [6, 6.07) is 2.53. The van der Waals surface area contributed by atoms with Crippen LogP contribution in [0.25, 0.3) is 0 Å². The fraction of sp³-hybridized carbons (Fsp3) is 0.562. The smallest absolute Gasteiger partial charge is 0.188 e. The van der Waals surface area contributed by atoms with E-state index >= 15 is 0 Å². The van der Waals surface area contributed by atoms with E-state index in [1.54, 1.807) is 0 Å². The van der Waals surface area contributed by atoms with Crippen molar-refractivity contribution in [1.82, 2.24) is 0 Å². The average molecular weight is 315 g/mol. The molecule has 3 nitrogen and oxygen atoms in total. The van der Waals surface area contributed by atoms with Crippen LogP contribution in [0.1, 0.15) is 48.4 Å². The number of aliphatic hydroxyl groups is 1. The van der Waals surface area contributed by atoms with E-state index in [1.165, 1.54) is 19.1 Å². The Bertz CT molecular complexity index is 564. The van der Waals surface area contributed by atoms with Gasteiger partial charge in [-0.25, -0.2) is 13.2 Å². The third-order valence-corrected chi connectivity index (χ3v) is 4.38. The van der Waals surface area contributed by atoms with Crippen molar-refractivity contribution in [3.8, 4) is 0 Å². The summed E-state index contributed by atoms with van der Waals surface area (Å²) in [6.45, 7) is -1.46. The summed E-state index contributed by atoms with van der Waals surface area (Å²) in [5.74, 6) is -0.649. The van der Waals surface area contributed by atoms with Crippen LogP contribution in [0.3, 0.4) is 0 Å². The lowest BCUT2D eigenvalue weighted by Gasteiger charge is -2.41. The first kappa shape index (κ1) is 17.0. The molecular formula is C16H20F3NO2. The first-order chi connectivity index (χ1) is 10.3. The number of Topliss-reactive ketones (excluding diaryl/α,β-unsaturated/α-hetero) is 1. The summed E-state index contributed by atoms with van der Waals surface area (Å²) in [5.41, 5.74) is 3.14. The number of carbonyl (C=O) groups is 1. The Balaban J connectivity index is 2.66. The zero-order valence-electron chi connectivity index (χ0n) is 12.5. The van der Waals surface area contributed by atoms with E-state index in [2.05, 4.69) is 0 Å². The molecule has 22 heavy (non-hydrogen) atoms. The quantitative estimate of drug-likeness (QED) is 0.898. The fourth-order valence-electron chi connectivity index (χ4n) is 3.36. The van der Waals surface area contributed by atoms with Crippen molar-refractivity contribution in [2.24, 2.45) is 5.73 Å². The number of benzene rings is 1. The van der Waals surface area contributed by atoms with E-state index in [1.807, 2.05) is 0 Å². The Morgan fingerprint density at radius 3 is 2.14 bits per heavy atom. The predicted octanol–water partition coefficient (Wildman–Crippen LogP) is 2.75. The van der Waals surface area contributed by atoms with E-state index < -0.39 is 36.9 Å². The molecule has 1 fully saturated rings. The molecule has 2 atom stereocenters. The predicted molar refractivity (Wildman–Crippen MR) is 76.2 cm³/mol. The minimum atomic E-state index is -1.65. The Morgan fingerprint density at radius 2 is 1.68 bits per heavy atom. The lowest BCUT2D eigenvalue weighted by Crippen LogP contribution is -2.58. The van der Waals surface area contributed by atoms with Crippen LogP contribution in [0.15, 0.2) is 12.1 Å². The van der Waals surface area contributed by atoms with E-state index in [0.29, 0.717) is 6.42 Å². The molecule has 122 valence electrons. The second kappa shape index (κ2) is 6.01. The Kier molecular flexibility index (Phi) is 4.63. The van der Waals surface area contributed by atoms with Gasteiger partial charge in [0, 0.05) is 0 Å². The Morgan fingerprint density at radius 1 is 1.14 bits per heavy atom. The van der Waals surface area contributed by atoms with Crippen LogP contribution < -0.4 is 5.73 Å². The maximum atomic E-state index is 13.4. The minimum Gasteiger partial charge on any atom is -0.382 e. The van der Waals surface area contributed by atoms with Gasteiger partial charge in [-0.2, -0.15) is 0 Å². The monoisotopic (exact) mass is 315 g/mol. The van der Waals surface area contributed by atoms with Crippen LogP contribution in [0.2, 0.25) is 0 Å². The van der Waals surface area contributed by atoms with Crippen molar-refractivity contribution < 1.29 is 23.1 Å². The van der Waals surface area contributed by atoms with Crippen LogP contribution in [0.4, 0.5) is 13.2 Å². The molecule has 2 unspecified atom stereocenters. The normalized spacial score (nSPS) is 28.9. The maximum Gasteiger partial charge on any atom is 0.188 e. The number of alkyl halides is 3.